The third kappa shape index (κ3) is 4.72. The van der Waals surface area contributed by atoms with Gasteiger partial charge in [-0.05, 0) is 47.9 Å². The van der Waals surface area contributed by atoms with E-state index in [1.807, 2.05) is 49.5 Å². The maximum Gasteiger partial charge on any atom is 0.251 e. The van der Waals surface area contributed by atoms with Gasteiger partial charge in [-0.15, -0.1) is 0 Å². The molecule has 6 nitrogen and oxygen atoms in total. The monoisotopic (exact) mass is 427 g/mol. The first kappa shape index (κ1) is 21.7. The number of carbonyl (C=O) groups is 1. The number of amides is 1. The molecule has 0 radical (unpaired) electrons. The number of carbonyl (C=O) groups excluding carboxylic acids is 1. The van der Waals surface area contributed by atoms with Gasteiger partial charge in [0.15, 0.2) is 0 Å². The molecule has 3 aromatic carbocycles. The third-order valence-electron chi connectivity index (χ3n) is 5.77. The molecule has 0 bridgehead atoms. The number of benzene rings is 3. The molecular formula is C26H29N5O. The number of nitrogens with zero attached hydrogens (tertiary/aromatic N) is 2. The van der Waals surface area contributed by atoms with Crippen LogP contribution in [0.4, 0.5) is 0 Å². The summed E-state index contributed by atoms with van der Waals surface area (Å²) >= 11 is 0. The maximum absolute atomic E-state index is 13.1. The Morgan fingerprint density at radius 3 is 2.56 bits per heavy atom. The van der Waals surface area contributed by atoms with Crippen molar-refractivity contribution >= 4 is 16.8 Å². The Kier molecular flexibility index (Phi) is 6.63. The standard InChI is InChI=1S/C26H29N5O/c1-18-22(26(32)28-15-19-6-4-3-5-7-19)14-23(24-16-29-30-25(18)24)21-10-8-20(9-11-21)17-31(2)13-12-27/h3-11,14,16H,12-13,15,17,27H2,1-2H3,(H,28,32)(H,29,30). The van der Waals surface area contributed by atoms with E-state index in [9.17, 15) is 4.79 Å². The van der Waals surface area contributed by atoms with E-state index < -0.39 is 0 Å². The van der Waals surface area contributed by atoms with Crippen molar-refractivity contribution in [2.75, 3.05) is 20.1 Å². The minimum atomic E-state index is -0.0934. The molecule has 4 rings (SSSR count). The summed E-state index contributed by atoms with van der Waals surface area (Å²) in [7, 11) is 2.07. The zero-order valence-corrected chi connectivity index (χ0v) is 18.6. The first-order valence-electron chi connectivity index (χ1n) is 10.8. The predicted octanol–water partition coefficient (Wildman–Crippen LogP) is 3.86. The van der Waals surface area contributed by atoms with Crippen LogP contribution in [0.5, 0.6) is 0 Å². The van der Waals surface area contributed by atoms with Gasteiger partial charge in [0.1, 0.15) is 0 Å². The van der Waals surface area contributed by atoms with Crippen LogP contribution < -0.4 is 11.1 Å². The predicted molar refractivity (Wildman–Crippen MR) is 129 cm³/mol. The molecule has 0 fully saturated rings. The number of fused-ring (bicyclic) bond motifs is 1. The van der Waals surface area contributed by atoms with Gasteiger partial charge in [-0.3, -0.25) is 9.89 Å². The van der Waals surface area contributed by atoms with Crippen molar-refractivity contribution in [2.24, 2.45) is 5.73 Å². The van der Waals surface area contributed by atoms with Crippen molar-refractivity contribution in [1.82, 2.24) is 20.4 Å². The second kappa shape index (κ2) is 9.77. The highest BCUT2D eigenvalue weighted by Gasteiger charge is 2.17. The van der Waals surface area contributed by atoms with E-state index in [0.29, 0.717) is 18.7 Å². The molecule has 0 saturated carbocycles. The van der Waals surface area contributed by atoms with Crippen molar-refractivity contribution in [3.8, 4) is 11.1 Å². The van der Waals surface area contributed by atoms with Crippen LogP contribution in [0.25, 0.3) is 22.0 Å². The molecule has 0 spiro atoms. The lowest BCUT2D eigenvalue weighted by atomic mass is 9.94. The van der Waals surface area contributed by atoms with Crippen molar-refractivity contribution in [1.29, 1.82) is 0 Å². The number of aromatic nitrogens is 2. The van der Waals surface area contributed by atoms with E-state index in [1.54, 1.807) is 0 Å². The Labute approximate surface area is 188 Å². The maximum atomic E-state index is 13.1. The summed E-state index contributed by atoms with van der Waals surface area (Å²) in [6.07, 6.45) is 1.83. The molecule has 1 amide bonds. The first-order valence-corrected chi connectivity index (χ1v) is 10.8. The molecule has 0 saturated heterocycles. The van der Waals surface area contributed by atoms with Gasteiger partial charge in [0.25, 0.3) is 5.91 Å². The van der Waals surface area contributed by atoms with Crippen LogP contribution in [0.2, 0.25) is 0 Å². The van der Waals surface area contributed by atoms with E-state index in [2.05, 4.69) is 51.7 Å². The number of nitrogens with one attached hydrogen (secondary N) is 2. The van der Waals surface area contributed by atoms with Crippen LogP contribution in [0, 0.1) is 6.92 Å². The largest absolute Gasteiger partial charge is 0.348 e. The fourth-order valence-corrected chi connectivity index (χ4v) is 3.99. The molecule has 0 atom stereocenters. The normalized spacial score (nSPS) is 11.2. The van der Waals surface area contributed by atoms with E-state index >= 15 is 0 Å². The zero-order valence-electron chi connectivity index (χ0n) is 18.6. The minimum absolute atomic E-state index is 0.0934. The van der Waals surface area contributed by atoms with E-state index in [-0.39, 0.29) is 5.91 Å². The Hall–Kier alpha value is -3.48. The molecule has 164 valence electrons. The highest BCUT2D eigenvalue weighted by Crippen LogP contribution is 2.32. The fraction of sp³-hybridized carbons (Fsp3) is 0.231. The number of nitrogens with two attached hydrogens (primary N) is 1. The second-order valence-electron chi connectivity index (χ2n) is 8.15. The summed E-state index contributed by atoms with van der Waals surface area (Å²) < 4.78 is 0. The summed E-state index contributed by atoms with van der Waals surface area (Å²) in [4.78, 5) is 15.3. The van der Waals surface area contributed by atoms with Gasteiger partial charge in [-0.2, -0.15) is 5.10 Å². The molecule has 1 heterocycles. The van der Waals surface area contributed by atoms with Crippen LogP contribution in [0.1, 0.15) is 27.0 Å². The Bertz CT molecular complexity index is 1200. The number of aromatic amines is 1. The van der Waals surface area contributed by atoms with Crippen LogP contribution in [0.3, 0.4) is 0 Å². The lowest BCUT2D eigenvalue weighted by Crippen LogP contribution is -2.24. The smallest absolute Gasteiger partial charge is 0.251 e. The Morgan fingerprint density at radius 1 is 1.09 bits per heavy atom. The van der Waals surface area contributed by atoms with Gasteiger partial charge in [-0.25, -0.2) is 0 Å². The molecule has 0 aliphatic carbocycles. The summed E-state index contributed by atoms with van der Waals surface area (Å²) in [6, 6.07) is 20.4. The van der Waals surface area contributed by atoms with Crippen molar-refractivity contribution < 1.29 is 4.79 Å². The quantitative estimate of drug-likeness (QED) is 0.399. The molecule has 1 aromatic heterocycles. The van der Waals surface area contributed by atoms with Crippen molar-refractivity contribution in [3.05, 3.63) is 89.1 Å². The number of rotatable bonds is 8. The van der Waals surface area contributed by atoms with Crippen LogP contribution >= 0.6 is 0 Å². The van der Waals surface area contributed by atoms with Crippen LogP contribution in [-0.2, 0) is 13.1 Å². The number of aryl methyl sites for hydroxylation is 1. The highest BCUT2D eigenvalue weighted by atomic mass is 16.1. The Morgan fingerprint density at radius 2 is 1.84 bits per heavy atom. The summed E-state index contributed by atoms with van der Waals surface area (Å²) in [5.74, 6) is -0.0934. The third-order valence-corrected chi connectivity index (χ3v) is 5.77. The van der Waals surface area contributed by atoms with Gasteiger partial charge in [0.2, 0.25) is 0 Å². The van der Waals surface area contributed by atoms with E-state index in [0.717, 1.165) is 46.2 Å². The number of likely N-dealkylation sites (N-methyl/N-ethyl adjacent to an activating group) is 1. The molecule has 0 aliphatic heterocycles. The Balaban J connectivity index is 1.63. The molecule has 4 N–H and O–H groups in total. The van der Waals surface area contributed by atoms with Gasteiger partial charge in [0.05, 0.1) is 11.7 Å². The van der Waals surface area contributed by atoms with Gasteiger partial charge < -0.3 is 16.0 Å². The van der Waals surface area contributed by atoms with Crippen LogP contribution in [-0.4, -0.2) is 41.1 Å². The van der Waals surface area contributed by atoms with Crippen LogP contribution in [0.15, 0.2) is 66.9 Å². The van der Waals surface area contributed by atoms with Gasteiger partial charge >= 0.3 is 0 Å². The topological polar surface area (TPSA) is 87.0 Å². The summed E-state index contributed by atoms with van der Waals surface area (Å²) in [5.41, 5.74) is 12.4. The van der Waals surface area contributed by atoms with Gasteiger partial charge in [0, 0.05) is 37.1 Å². The molecule has 32 heavy (non-hydrogen) atoms. The lowest BCUT2D eigenvalue weighted by Gasteiger charge is -2.16. The summed E-state index contributed by atoms with van der Waals surface area (Å²) in [5, 5.41) is 11.4. The van der Waals surface area contributed by atoms with Crippen molar-refractivity contribution in [2.45, 2.75) is 20.0 Å². The summed E-state index contributed by atoms with van der Waals surface area (Å²) in [6.45, 7) is 4.79. The van der Waals surface area contributed by atoms with Crippen molar-refractivity contribution in [3.63, 3.8) is 0 Å². The molecule has 4 aromatic rings. The molecule has 0 unspecified atom stereocenters. The second-order valence-corrected chi connectivity index (χ2v) is 8.15. The average Bonchev–Trinajstić information content (AvgIpc) is 3.30. The highest BCUT2D eigenvalue weighted by molar-refractivity contribution is 6.05. The first-order chi connectivity index (χ1) is 15.6. The zero-order chi connectivity index (χ0) is 22.5. The van der Waals surface area contributed by atoms with E-state index in [4.69, 9.17) is 5.73 Å². The SMILES string of the molecule is Cc1c(C(=O)NCc2ccccc2)cc(-c2ccc(CN(C)CCN)cc2)c2cn[nH]c12. The van der Waals surface area contributed by atoms with Gasteiger partial charge in [-0.1, -0.05) is 54.6 Å². The minimum Gasteiger partial charge on any atom is -0.348 e. The number of hydrogen-bond acceptors (Lipinski definition) is 4. The molecule has 6 heteroatoms. The lowest BCUT2D eigenvalue weighted by molar-refractivity contribution is 0.0950. The number of hydrogen-bond donors (Lipinski definition) is 3. The molecule has 0 aliphatic rings. The van der Waals surface area contributed by atoms with E-state index in [1.165, 1.54) is 5.56 Å². The average molecular weight is 428 g/mol. The molecular weight excluding hydrogens is 398 g/mol. The fourth-order valence-electron chi connectivity index (χ4n) is 3.99. The number of H-pyrrole nitrogens is 1.